The molecule has 330 valence electrons. The van der Waals surface area contributed by atoms with Crippen LogP contribution in [0.15, 0.2) is 0 Å². The smallest absolute Gasteiger partial charge is 0.311 e. The van der Waals surface area contributed by atoms with E-state index in [2.05, 4.69) is 4.74 Å². The summed E-state index contributed by atoms with van der Waals surface area (Å²) in [5, 5.41) is 58.0. The SMILES string of the molecule is CC[C@H]1OC(=O)[C@H](C)[C@H](O[C@H]2C[C@@](C)(OC)[C@@H](O)[C@H](C)O2)[C@H](C)[C@@H](O[C@@H]2O[C@H](C)C[C@H](N(C)C)[C@H]2O)[C@](C)(O)C[C@@H](C)[C@H](N)[C@H](C)[C@@H](O)[C@]1(C)O.COCC=O. The van der Waals surface area contributed by atoms with Crippen molar-refractivity contribution in [1.29, 1.82) is 0 Å². The van der Waals surface area contributed by atoms with E-state index in [0.29, 0.717) is 12.7 Å². The Labute approximate surface area is 334 Å². The van der Waals surface area contributed by atoms with E-state index in [1.54, 1.807) is 48.5 Å². The molecule has 0 radical (unpaired) electrons. The molecule has 0 aromatic rings. The normalized spacial score (nSPS) is 47.3. The molecule has 3 rings (SSSR count). The number of aldehydes is 1. The van der Waals surface area contributed by atoms with Gasteiger partial charge in [-0.05, 0) is 80.8 Å². The minimum Gasteiger partial charge on any atom is -0.459 e. The minimum atomic E-state index is -1.85. The molecule has 7 N–H and O–H groups in total. The number of cyclic esters (lactones) is 1. The Bertz CT molecular complexity index is 1210. The number of carbonyl (C=O) groups is 2. The molecule has 0 aliphatic carbocycles. The molecule has 0 aromatic carbocycles. The Morgan fingerprint density at radius 2 is 1.54 bits per heavy atom. The van der Waals surface area contributed by atoms with Crippen LogP contribution in [-0.2, 0) is 42.7 Å². The van der Waals surface area contributed by atoms with Crippen molar-refractivity contribution in [3.8, 4) is 0 Å². The summed E-state index contributed by atoms with van der Waals surface area (Å²) in [6, 6.07) is -0.983. The van der Waals surface area contributed by atoms with E-state index in [9.17, 15) is 35.1 Å². The Morgan fingerprint density at radius 1 is 0.929 bits per heavy atom. The van der Waals surface area contributed by atoms with Gasteiger partial charge in [0.2, 0.25) is 0 Å². The van der Waals surface area contributed by atoms with Crippen molar-refractivity contribution in [3.05, 3.63) is 0 Å². The molecule has 3 saturated heterocycles. The predicted molar refractivity (Wildman–Crippen MR) is 207 cm³/mol. The van der Waals surface area contributed by atoms with Gasteiger partial charge < -0.3 is 74.1 Å². The summed E-state index contributed by atoms with van der Waals surface area (Å²) in [6.07, 6.45) is -7.97. The number of rotatable bonds is 9. The Hall–Kier alpha value is -1.38. The number of methoxy groups -OCH3 is 2. The highest BCUT2D eigenvalue weighted by Crippen LogP contribution is 2.41. The maximum atomic E-state index is 14.1. The lowest BCUT2D eigenvalue weighted by atomic mass is 9.72. The molecule has 3 fully saturated rings. The monoisotopic (exact) mass is 809 g/mol. The second-order valence-electron chi connectivity index (χ2n) is 17.4. The standard InChI is InChI=1S/C37H70N2O12.C3H6O2/c1-14-25-37(10,45)30(41)20(4)27(38)18(2)16-35(8,44)32(51-34-28(40)24(39(11)12)15-19(3)47-34)21(5)29(22(6)33(43)49-25)50-26-17-36(9,46-13)31(42)23(7)48-26;1-5-3-2-4/h18-32,34,40-42,44-45H,14-17,38H2,1-13H3;2H,3H2,1H3/t18-,19-,20+,21+,22-,23+,24+,25-,26+,27+,28-,29-,30-,31+,32-,34+,35-,36-,37-;/m1./s1. The average Bonchev–Trinajstić information content (AvgIpc) is 3.13. The van der Waals surface area contributed by atoms with Gasteiger partial charge in [-0.1, -0.05) is 27.7 Å². The second-order valence-corrected chi connectivity index (χ2v) is 17.4. The first-order valence-corrected chi connectivity index (χ1v) is 20.1. The van der Waals surface area contributed by atoms with Gasteiger partial charge in [-0.25, -0.2) is 0 Å². The first-order chi connectivity index (χ1) is 25.8. The Balaban J connectivity index is 0.00000203. The number of hydrogen-bond donors (Lipinski definition) is 6. The molecular weight excluding hydrogens is 732 g/mol. The number of aliphatic hydroxyl groups excluding tert-OH is 3. The molecule has 3 heterocycles. The highest BCUT2D eigenvalue weighted by molar-refractivity contribution is 5.73. The van der Waals surface area contributed by atoms with E-state index >= 15 is 0 Å². The van der Waals surface area contributed by atoms with E-state index in [1.807, 2.05) is 32.8 Å². The van der Waals surface area contributed by atoms with E-state index in [1.165, 1.54) is 21.1 Å². The number of hydrogen-bond acceptors (Lipinski definition) is 16. The molecular formula is C40H76N2O14. The zero-order chi connectivity index (χ0) is 43.1. The number of nitrogens with two attached hydrogens (primary N) is 1. The van der Waals surface area contributed by atoms with Crippen LogP contribution in [0, 0.1) is 23.7 Å². The van der Waals surface area contributed by atoms with Crippen molar-refractivity contribution in [3.63, 3.8) is 0 Å². The largest absolute Gasteiger partial charge is 0.459 e. The van der Waals surface area contributed by atoms with Gasteiger partial charge in [0.05, 0.1) is 47.6 Å². The van der Waals surface area contributed by atoms with Crippen molar-refractivity contribution in [2.24, 2.45) is 29.4 Å². The maximum absolute atomic E-state index is 14.1. The average molecular weight is 809 g/mol. The van der Waals surface area contributed by atoms with Gasteiger partial charge in [0.1, 0.15) is 36.8 Å². The zero-order valence-corrected chi connectivity index (χ0v) is 36.3. The summed E-state index contributed by atoms with van der Waals surface area (Å²) in [5.41, 5.74) is 2.20. The predicted octanol–water partition coefficient (Wildman–Crippen LogP) is 1.38. The molecule has 0 saturated carbocycles. The van der Waals surface area contributed by atoms with Crippen molar-refractivity contribution < 1.29 is 68.3 Å². The molecule has 56 heavy (non-hydrogen) atoms. The summed E-state index contributed by atoms with van der Waals surface area (Å²) in [7, 11) is 6.72. The molecule has 0 spiro atoms. The molecule has 0 unspecified atom stereocenters. The molecule has 16 heteroatoms. The van der Waals surface area contributed by atoms with Crippen LogP contribution >= 0.6 is 0 Å². The quantitative estimate of drug-likeness (QED) is 0.143. The fourth-order valence-corrected chi connectivity index (χ4v) is 8.70. The number of esters is 1. The number of ether oxygens (including phenoxy) is 7. The topological polar surface area (TPSA) is 229 Å². The Kier molecular flexibility index (Phi) is 19.2. The molecule has 0 amide bonds. The lowest BCUT2D eigenvalue weighted by Gasteiger charge is -2.49. The lowest BCUT2D eigenvalue weighted by Crippen LogP contribution is -2.62. The number of carbonyl (C=O) groups excluding carboxylic acids is 2. The van der Waals surface area contributed by atoms with Crippen LogP contribution in [0.1, 0.15) is 94.9 Å². The summed E-state index contributed by atoms with van der Waals surface area (Å²) >= 11 is 0. The molecule has 0 bridgehead atoms. The number of aliphatic hydroxyl groups is 5. The van der Waals surface area contributed by atoms with Crippen molar-refractivity contribution in [2.75, 3.05) is 34.9 Å². The van der Waals surface area contributed by atoms with Crippen LogP contribution < -0.4 is 5.73 Å². The van der Waals surface area contributed by atoms with Crippen LogP contribution in [0.3, 0.4) is 0 Å². The van der Waals surface area contributed by atoms with Crippen LogP contribution in [0.5, 0.6) is 0 Å². The first kappa shape index (κ1) is 50.8. The third kappa shape index (κ3) is 12.1. The van der Waals surface area contributed by atoms with Gasteiger partial charge in [0.25, 0.3) is 0 Å². The molecule has 0 aromatic heterocycles. The van der Waals surface area contributed by atoms with E-state index in [-0.39, 0.29) is 38.0 Å². The van der Waals surface area contributed by atoms with Gasteiger partial charge in [-0.2, -0.15) is 0 Å². The van der Waals surface area contributed by atoms with Gasteiger partial charge in [0, 0.05) is 44.6 Å². The fraction of sp³-hybridized carbons (Fsp3) is 0.950. The fourth-order valence-electron chi connectivity index (χ4n) is 8.70. The summed E-state index contributed by atoms with van der Waals surface area (Å²) in [5.74, 6) is -3.57. The summed E-state index contributed by atoms with van der Waals surface area (Å²) in [6.45, 7) is 17.4. The van der Waals surface area contributed by atoms with Gasteiger partial charge in [-0.3, -0.25) is 4.79 Å². The molecule has 16 nitrogen and oxygen atoms in total. The minimum absolute atomic E-state index is 0.0888. The maximum Gasteiger partial charge on any atom is 0.311 e. The van der Waals surface area contributed by atoms with Crippen LogP contribution in [0.25, 0.3) is 0 Å². The summed E-state index contributed by atoms with van der Waals surface area (Å²) < 4.78 is 41.7. The molecule has 3 aliphatic heterocycles. The van der Waals surface area contributed by atoms with E-state index in [0.717, 1.165) is 0 Å². The molecule has 3 aliphatic rings. The van der Waals surface area contributed by atoms with Gasteiger partial charge in [0.15, 0.2) is 12.6 Å². The van der Waals surface area contributed by atoms with Crippen LogP contribution in [0.4, 0.5) is 0 Å². The van der Waals surface area contributed by atoms with Crippen molar-refractivity contribution in [2.45, 2.75) is 185 Å². The van der Waals surface area contributed by atoms with Crippen LogP contribution in [0.2, 0.25) is 0 Å². The van der Waals surface area contributed by atoms with Gasteiger partial charge >= 0.3 is 5.97 Å². The highest BCUT2D eigenvalue weighted by Gasteiger charge is 2.53. The van der Waals surface area contributed by atoms with Crippen molar-refractivity contribution in [1.82, 2.24) is 4.90 Å². The highest BCUT2D eigenvalue weighted by atomic mass is 16.7. The first-order valence-electron chi connectivity index (χ1n) is 20.1. The van der Waals surface area contributed by atoms with Gasteiger partial charge in [-0.15, -0.1) is 0 Å². The van der Waals surface area contributed by atoms with Crippen molar-refractivity contribution >= 4 is 12.3 Å². The molecule has 19 atom stereocenters. The van der Waals surface area contributed by atoms with E-state index in [4.69, 9.17) is 34.2 Å². The second kappa shape index (κ2) is 21.2. The van der Waals surface area contributed by atoms with Crippen LogP contribution in [-0.4, -0.2) is 168 Å². The van der Waals surface area contributed by atoms with E-state index < -0.39 is 108 Å². The third-order valence-electron chi connectivity index (χ3n) is 12.4. The third-order valence-corrected chi connectivity index (χ3v) is 12.4. The Morgan fingerprint density at radius 3 is 2.04 bits per heavy atom. The zero-order valence-electron chi connectivity index (χ0n) is 36.3. The lowest BCUT2D eigenvalue weighted by molar-refractivity contribution is -0.318. The summed E-state index contributed by atoms with van der Waals surface area (Å²) in [4.78, 5) is 25.3. The number of nitrogens with zero attached hydrogens (tertiary/aromatic N) is 1. The number of likely N-dealkylation sites (N-methyl/N-ethyl adjacent to an activating group) is 1.